The number of amides is 1. The number of rotatable bonds is 4. The fourth-order valence-corrected chi connectivity index (χ4v) is 4.74. The molecule has 1 atom stereocenters. The van der Waals surface area contributed by atoms with E-state index in [0.29, 0.717) is 17.1 Å². The van der Waals surface area contributed by atoms with E-state index in [9.17, 15) is 18.0 Å². The van der Waals surface area contributed by atoms with Gasteiger partial charge >= 0.3 is 6.18 Å². The summed E-state index contributed by atoms with van der Waals surface area (Å²) in [5.74, 6) is 0.0623. The van der Waals surface area contributed by atoms with Gasteiger partial charge in [0.15, 0.2) is 5.13 Å². The molecule has 0 radical (unpaired) electrons. The van der Waals surface area contributed by atoms with Gasteiger partial charge < -0.3 is 10.6 Å². The number of nitrogens with zero attached hydrogens (tertiary/aromatic N) is 1. The van der Waals surface area contributed by atoms with E-state index in [4.69, 9.17) is 0 Å². The van der Waals surface area contributed by atoms with E-state index >= 15 is 0 Å². The first-order valence-electron chi connectivity index (χ1n) is 8.98. The van der Waals surface area contributed by atoms with Crippen molar-refractivity contribution in [2.75, 3.05) is 18.4 Å². The quantitative estimate of drug-likeness (QED) is 0.820. The predicted molar refractivity (Wildman–Crippen MR) is 97.6 cm³/mol. The zero-order valence-corrected chi connectivity index (χ0v) is 15.4. The molecule has 2 N–H and O–H groups in total. The van der Waals surface area contributed by atoms with Crippen LogP contribution in [0.25, 0.3) is 0 Å². The average molecular weight is 395 g/mol. The standard InChI is InChI=1S/C19H20F3N3OS/c20-19(21,22)13-3-1-2-12(8-13)9-14-11-24-17(27-14)25-16(26)15-10-18(15)4-6-23-7-5-18/h1-3,8,11,15,23H,4-7,9-10H2,(H,24,25,26). The second-order valence-electron chi connectivity index (χ2n) is 7.36. The predicted octanol–water partition coefficient (Wildman–Crippen LogP) is 4.08. The molecule has 0 bridgehead atoms. The molecule has 4 nitrogen and oxygen atoms in total. The molecule has 2 fully saturated rings. The van der Waals surface area contributed by atoms with E-state index in [1.165, 1.54) is 17.4 Å². The third kappa shape index (κ3) is 4.01. The van der Waals surface area contributed by atoms with Crippen LogP contribution in [0, 0.1) is 11.3 Å². The smallest absolute Gasteiger partial charge is 0.317 e. The number of benzene rings is 1. The normalized spacial score (nSPS) is 21.2. The van der Waals surface area contributed by atoms with Gasteiger partial charge in [-0.25, -0.2) is 4.98 Å². The maximum atomic E-state index is 12.8. The van der Waals surface area contributed by atoms with Crippen LogP contribution in [0.2, 0.25) is 0 Å². The Morgan fingerprint density at radius 3 is 2.85 bits per heavy atom. The van der Waals surface area contributed by atoms with Crippen LogP contribution in [0.15, 0.2) is 30.5 Å². The zero-order valence-electron chi connectivity index (χ0n) is 14.6. The van der Waals surface area contributed by atoms with Crippen molar-refractivity contribution in [3.63, 3.8) is 0 Å². The number of nitrogens with one attached hydrogen (secondary N) is 2. The average Bonchev–Trinajstić information content (AvgIpc) is 3.14. The first-order valence-corrected chi connectivity index (χ1v) is 9.80. The lowest BCUT2D eigenvalue weighted by molar-refractivity contribution is -0.137. The SMILES string of the molecule is O=C(Nc1ncc(Cc2cccc(C(F)(F)F)c2)s1)C1CC12CCNCC2. The minimum atomic E-state index is -4.35. The number of carbonyl (C=O) groups is 1. The number of hydrogen-bond donors (Lipinski definition) is 2. The molecule has 4 rings (SSSR count). The summed E-state index contributed by atoms with van der Waals surface area (Å²) in [6.45, 7) is 1.92. The molecule has 1 unspecified atom stereocenters. The Morgan fingerprint density at radius 2 is 2.11 bits per heavy atom. The number of halogens is 3. The van der Waals surface area contributed by atoms with Gasteiger partial charge in [-0.05, 0) is 49.4 Å². The number of anilines is 1. The minimum Gasteiger partial charge on any atom is -0.317 e. The van der Waals surface area contributed by atoms with Crippen LogP contribution in [-0.4, -0.2) is 24.0 Å². The number of piperidine rings is 1. The Bertz CT molecular complexity index is 843. The highest BCUT2D eigenvalue weighted by Crippen LogP contribution is 2.58. The number of hydrogen-bond acceptors (Lipinski definition) is 4. The summed E-state index contributed by atoms with van der Waals surface area (Å²) in [5.41, 5.74) is 0.0780. The summed E-state index contributed by atoms with van der Waals surface area (Å²) in [6, 6.07) is 5.29. The Hall–Kier alpha value is -1.93. The highest BCUT2D eigenvalue weighted by atomic mass is 32.1. The summed E-state index contributed by atoms with van der Waals surface area (Å²) >= 11 is 1.31. The lowest BCUT2D eigenvalue weighted by Gasteiger charge is -2.22. The number of alkyl halides is 3. The van der Waals surface area contributed by atoms with Gasteiger partial charge in [0, 0.05) is 23.4 Å². The zero-order chi connectivity index (χ0) is 19.1. The lowest BCUT2D eigenvalue weighted by atomic mass is 9.92. The molecule has 1 saturated heterocycles. The third-order valence-corrected chi connectivity index (χ3v) is 6.43. The van der Waals surface area contributed by atoms with Gasteiger partial charge in [-0.3, -0.25) is 4.79 Å². The third-order valence-electron chi connectivity index (χ3n) is 5.52. The van der Waals surface area contributed by atoms with E-state index in [-0.39, 0.29) is 17.2 Å². The topological polar surface area (TPSA) is 54.0 Å². The number of aromatic nitrogens is 1. The fraction of sp³-hybridized carbons (Fsp3) is 0.474. The lowest BCUT2D eigenvalue weighted by Crippen LogP contribution is -2.31. The molecule has 2 aromatic rings. The Morgan fingerprint density at radius 1 is 1.33 bits per heavy atom. The molecule has 1 amide bonds. The van der Waals surface area contributed by atoms with E-state index in [1.807, 2.05) is 0 Å². The second kappa shape index (κ2) is 6.91. The summed E-state index contributed by atoms with van der Waals surface area (Å²) in [4.78, 5) is 17.5. The largest absolute Gasteiger partial charge is 0.416 e. The molecule has 27 heavy (non-hydrogen) atoms. The van der Waals surface area contributed by atoms with E-state index in [2.05, 4.69) is 15.6 Å². The van der Waals surface area contributed by atoms with Crippen LogP contribution < -0.4 is 10.6 Å². The summed E-state index contributed by atoms with van der Waals surface area (Å²) < 4.78 is 38.5. The van der Waals surface area contributed by atoms with Gasteiger partial charge in [-0.15, -0.1) is 11.3 Å². The van der Waals surface area contributed by atoms with Crippen molar-refractivity contribution in [3.8, 4) is 0 Å². The van der Waals surface area contributed by atoms with E-state index < -0.39 is 11.7 Å². The van der Waals surface area contributed by atoms with E-state index in [1.54, 1.807) is 12.3 Å². The van der Waals surface area contributed by atoms with Gasteiger partial charge in [-0.2, -0.15) is 13.2 Å². The molecule has 1 aliphatic carbocycles. The Kier molecular flexibility index (Phi) is 4.71. The fourth-order valence-electron chi connectivity index (χ4n) is 3.89. The van der Waals surface area contributed by atoms with Crippen LogP contribution in [0.4, 0.5) is 18.3 Å². The molecule has 8 heteroatoms. The monoisotopic (exact) mass is 395 g/mol. The summed E-state index contributed by atoms with van der Waals surface area (Å²) in [5, 5.41) is 6.71. The van der Waals surface area contributed by atoms with Crippen molar-refractivity contribution in [2.24, 2.45) is 11.3 Å². The van der Waals surface area contributed by atoms with Gasteiger partial charge in [0.25, 0.3) is 0 Å². The Balaban J connectivity index is 1.37. The number of carbonyl (C=O) groups excluding carboxylic acids is 1. The van der Waals surface area contributed by atoms with Crippen molar-refractivity contribution < 1.29 is 18.0 Å². The van der Waals surface area contributed by atoms with Crippen LogP contribution in [0.3, 0.4) is 0 Å². The Labute approximate surface area is 159 Å². The van der Waals surface area contributed by atoms with Crippen LogP contribution in [0.1, 0.15) is 35.3 Å². The van der Waals surface area contributed by atoms with Crippen LogP contribution >= 0.6 is 11.3 Å². The highest BCUT2D eigenvalue weighted by molar-refractivity contribution is 7.15. The molecule has 144 valence electrons. The maximum absolute atomic E-state index is 12.8. The van der Waals surface area contributed by atoms with E-state index in [0.717, 1.165) is 49.4 Å². The molecular weight excluding hydrogens is 375 g/mol. The highest BCUT2D eigenvalue weighted by Gasteiger charge is 2.57. The molecule has 2 heterocycles. The van der Waals surface area contributed by atoms with Gasteiger partial charge in [0.05, 0.1) is 5.56 Å². The molecule has 1 aliphatic heterocycles. The molecule has 1 aromatic heterocycles. The van der Waals surface area contributed by atoms with Crippen molar-refractivity contribution in [1.82, 2.24) is 10.3 Å². The van der Waals surface area contributed by atoms with Gasteiger partial charge in [0.2, 0.25) is 5.91 Å². The van der Waals surface area contributed by atoms with Crippen molar-refractivity contribution in [3.05, 3.63) is 46.5 Å². The second-order valence-corrected chi connectivity index (χ2v) is 8.48. The van der Waals surface area contributed by atoms with Crippen molar-refractivity contribution in [1.29, 1.82) is 0 Å². The van der Waals surface area contributed by atoms with Crippen molar-refractivity contribution >= 4 is 22.4 Å². The first-order chi connectivity index (χ1) is 12.9. The molecule has 1 saturated carbocycles. The van der Waals surface area contributed by atoms with Crippen molar-refractivity contribution in [2.45, 2.75) is 31.9 Å². The molecule has 1 spiro atoms. The molecular formula is C19H20F3N3OS. The summed E-state index contributed by atoms with van der Waals surface area (Å²) in [6.07, 6.45) is 0.623. The molecule has 2 aliphatic rings. The maximum Gasteiger partial charge on any atom is 0.416 e. The van der Waals surface area contributed by atoms with Crippen LogP contribution in [0.5, 0.6) is 0 Å². The molecule has 1 aromatic carbocycles. The first kappa shape index (κ1) is 18.4. The van der Waals surface area contributed by atoms with Gasteiger partial charge in [0.1, 0.15) is 0 Å². The summed E-state index contributed by atoms with van der Waals surface area (Å²) in [7, 11) is 0. The van der Waals surface area contributed by atoms with Crippen LogP contribution in [-0.2, 0) is 17.4 Å². The number of thiazole rings is 1. The minimum absolute atomic E-state index is 0.0110. The van der Waals surface area contributed by atoms with Gasteiger partial charge in [-0.1, -0.05) is 18.2 Å².